The Labute approximate surface area is 167 Å². The van der Waals surface area contributed by atoms with E-state index in [2.05, 4.69) is 14.9 Å². The predicted octanol–water partition coefficient (Wildman–Crippen LogP) is 4.69. The molecule has 0 aliphatic rings. The minimum atomic E-state index is -3.81. The Morgan fingerprint density at radius 1 is 1.04 bits per heavy atom. The number of nitrogens with zero attached hydrogens (tertiary/aromatic N) is 1. The van der Waals surface area contributed by atoms with Gasteiger partial charge in [0.05, 0.1) is 23.3 Å². The van der Waals surface area contributed by atoms with Crippen LogP contribution < -0.4 is 9.46 Å². The molecule has 0 aliphatic heterocycles. The lowest BCUT2D eigenvalue weighted by Crippen LogP contribution is -2.13. The number of hydrogen-bond acceptors (Lipinski definition) is 4. The van der Waals surface area contributed by atoms with Crippen molar-refractivity contribution in [2.24, 2.45) is 0 Å². The van der Waals surface area contributed by atoms with Gasteiger partial charge in [0.2, 0.25) is 0 Å². The van der Waals surface area contributed by atoms with Gasteiger partial charge in [0.15, 0.2) is 0 Å². The van der Waals surface area contributed by atoms with Crippen molar-refractivity contribution < 1.29 is 13.2 Å². The zero-order valence-electron chi connectivity index (χ0n) is 14.8. The third-order valence-electron chi connectivity index (χ3n) is 4.30. The van der Waals surface area contributed by atoms with Crippen molar-refractivity contribution in [1.82, 2.24) is 10.2 Å². The standard InChI is InChI=1S/C20H16ClN3O3S/c1-27-18-8-4-5-9-19(18)28(25,26)24-13-10-11-15-17(12-13)22-23-20(15)14-6-2-3-7-16(14)21/h2-12,24H,1H3,(H,22,23). The van der Waals surface area contributed by atoms with Gasteiger partial charge in [-0.2, -0.15) is 5.10 Å². The molecular weight excluding hydrogens is 398 g/mol. The Morgan fingerprint density at radius 2 is 1.79 bits per heavy atom. The minimum absolute atomic E-state index is 0.0685. The van der Waals surface area contributed by atoms with Gasteiger partial charge >= 0.3 is 0 Å². The summed E-state index contributed by atoms with van der Waals surface area (Å²) in [4.78, 5) is 0.0685. The number of H-pyrrole nitrogens is 1. The Bertz CT molecular complexity index is 1270. The van der Waals surface area contributed by atoms with Crippen LogP contribution in [-0.4, -0.2) is 25.7 Å². The van der Waals surface area contributed by atoms with E-state index in [0.717, 1.165) is 10.9 Å². The topological polar surface area (TPSA) is 84.1 Å². The van der Waals surface area contributed by atoms with Gasteiger partial charge < -0.3 is 4.74 Å². The molecule has 0 bridgehead atoms. The number of benzene rings is 3. The number of para-hydroxylation sites is 1. The van der Waals surface area contributed by atoms with Crippen molar-refractivity contribution in [3.8, 4) is 17.0 Å². The normalized spacial score (nSPS) is 11.5. The van der Waals surface area contributed by atoms with Crippen molar-refractivity contribution in [3.63, 3.8) is 0 Å². The third-order valence-corrected chi connectivity index (χ3v) is 6.05. The molecule has 0 spiro atoms. The van der Waals surface area contributed by atoms with Crippen LogP contribution in [0.1, 0.15) is 0 Å². The van der Waals surface area contributed by atoms with Gasteiger partial charge in [-0.25, -0.2) is 8.42 Å². The summed E-state index contributed by atoms with van der Waals surface area (Å²) in [5.74, 6) is 0.277. The van der Waals surface area contributed by atoms with Crippen molar-refractivity contribution in [2.75, 3.05) is 11.8 Å². The molecule has 2 N–H and O–H groups in total. The van der Waals surface area contributed by atoms with E-state index in [-0.39, 0.29) is 10.6 Å². The lowest BCUT2D eigenvalue weighted by molar-refractivity contribution is 0.403. The lowest BCUT2D eigenvalue weighted by Gasteiger charge is -2.11. The second-order valence-electron chi connectivity index (χ2n) is 6.07. The highest BCUT2D eigenvalue weighted by atomic mass is 35.5. The fourth-order valence-electron chi connectivity index (χ4n) is 2.99. The van der Waals surface area contributed by atoms with Gasteiger partial charge in [-0.3, -0.25) is 9.82 Å². The molecule has 4 rings (SSSR count). The highest BCUT2D eigenvalue weighted by Gasteiger charge is 2.20. The third kappa shape index (κ3) is 3.30. The highest BCUT2D eigenvalue weighted by molar-refractivity contribution is 7.92. The van der Waals surface area contributed by atoms with Gasteiger partial charge in [0, 0.05) is 10.9 Å². The number of fused-ring (bicyclic) bond motifs is 1. The van der Waals surface area contributed by atoms with Crippen molar-refractivity contribution >= 4 is 38.2 Å². The van der Waals surface area contributed by atoms with E-state index in [4.69, 9.17) is 16.3 Å². The van der Waals surface area contributed by atoms with Crippen LogP contribution in [-0.2, 0) is 10.0 Å². The number of nitrogens with one attached hydrogen (secondary N) is 2. The summed E-state index contributed by atoms with van der Waals surface area (Å²) in [5, 5.41) is 8.71. The summed E-state index contributed by atoms with van der Waals surface area (Å²) in [6.07, 6.45) is 0. The molecule has 0 aliphatic carbocycles. The molecule has 1 aromatic heterocycles. The first-order chi connectivity index (χ1) is 13.5. The van der Waals surface area contributed by atoms with Gasteiger partial charge in [0.25, 0.3) is 10.0 Å². The van der Waals surface area contributed by atoms with Crippen LogP contribution >= 0.6 is 11.6 Å². The molecule has 142 valence electrons. The number of methoxy groups -OCH3 is 1. The first-order valence-corrected chi connectivity index (χ1v) is 10.2. The molecule has 0 amide bonds. The quantitative estimate of drug-likeness (QED) is 0.497. The van der Waals surface area contributed by atoms with E-state index in [0.29, 0.717) is 21.9 Å². The fraction of sp³-hybridized carbons (Fsp3) is 0.0500. The van der Waals surface area contributed by atoms with Crippen LogP contribution in [0, 0.1) is 0 Å². The molecule has 0 saturated carbocycles. The van der Waals surface area contributed by atoms with Gasteiger partial charge in [0.1, 0.15) is 16.3 Å². The van der Waals surface area contributed by atoms with E-state index < -0.39 is 10.0 Å². The number of aromatic amines is 1. The molecule has 28 heavy (non-hydrogen) atoms. The molecule has 0 fully saturated rings. The Morgan fingerprint density at radius 3 is 2.57 bits per heavy atom. The number of rotatable bonds is 5. The molecule has 0 saturated heterocycles. The van der Waals surface area contributed by atoms with Crippen LogP contribution in [0.5, 0.6) is 5.75 Å². The maximum Gasteiger partial charge on any atom is 0.265 e. The molecule has 0 radical (unpaired) electrons. The first kappa shape index (κ1) is 18.3. The lowest BCUT2D eigenvalue weighted by atomic mass is 10.1. The van der Waals surface area contributed by atoms with E-state index in [1.54, 1.807) is 42.5 Å². The van der Waals surface area contributed by atoms with Gasteiger partial charge in [-0.15, -0.1) is 0 Å². The van der Waals surface area contributed by atoms with Crippen LogP contribution in [0.2, 0.25) is 5.02 Å². The van der Waals surface area contributed by atoms with Crippen molar-refractivity contribution in [1.29, 1.82) is 0 Å². The summed E-state index contributed by atoms with van der Waals surface area (Å²) in [6.45, 7) is 0. The monoisotopic (exact) mass is 413 g/mol. The average molecular weight is 414 g/mol. The molecule has 8 heteroatoms. The SMILES string of the molecule is COc1ccccc1S(=O)(=O)Nc1ccc2c(-c3ccccc3Cl)n[nH]c2c1. The largest absolute Gasteiger partial charge is 0.495 e. The first-order valence-electron chi connectivity index (χ1n) is 8.38. The maximum atomic E-state index is 12.8. The minimum Gasteiger partial charge on any atom is -0.495 e. The van der Waals surface area contributed by atoms with E-state index in [1.165, 1.54) is 13.2 Å². The Balaban J connectivity index is 1.71. The Hall–Kier alpha value is -3.03. The summed E-state index contributed by atoms with van der Waals surface area (Å²) in [6, 6.07) is 19.1. The molecule has 0 atom stereocenters. The van der Waals surface area contributed by atoms with Crippen LogP contribution in [0.3, 0.4) is 0 Å². The zero-order valence-corrected chi connectivity index (χ0v) is 16.4. The molecule has 6 nitrogen and oxygen atoms in total. The van der Waals surface area contributed by atoms with Crippen molar-refractivity contribution in [3.05, 3.63) is 71.8 Å². The van der Waals surface area contributed by atoms with Crippen molar-refractivity contribution in [2.45, 2.75) is 4.90 Å². The fourth-order valence-corrected chi connectivity index (χ4v) is 4.44. The summed E-state index contributed by atoms with van der Waals surface area (Å²) >= 11 is 6.27. The predicted molar refractivity (Wildman–Crippen MR) is 110 cm³/mol. The van der Waals surface area contributed by atoms with E-state index in [9.17, 15) is 8.42 Å². The molecule has 0 unspecified atom stereocenters. The molecule has 3 aromatic carbocycles. The number of ether oxygens (including phenoxy) is 1. The van der Waals surface area contributed by atoms with Gasteiger partial charge in [-0.1, -0.05) is 41.9 Å². The smallest absolute Gasteiger partial charge is 0.265 e. The average Bonchev–Trinajstić information content (AvgIpc) is 3.11. The number of aromatic nitrogens is 2. The Kier molecular flexibility index (Phi) is 4.70. The summed E-state index contributed by atoms with van der Waals surface area (Å²) in [5.41, 5.74) is 2.61. The second kappa shape index (κ2) is 7.18. The van der Waals surface area contributed by atoms with Crippen LogP contribution in [0.25, 0.3) is 22.2 Å². The molecule has 4 aromatic rings. The zero-order chi connectivity index (χ0) is 19.7. The molecule has 1 heterocycles. The maximum absolute atomic E-state index is 12.8. The van der Waals surface area contributed by atoms with Crippen LogP contribution in [0.4, 0.5) is 5.69 Å². The highest BCUT2D eigenvalue weighted by Crippen LogP contribution is 2.33. The second-order valence-corrected chi connectivity index (χ2v) is 8.13. The van der Waals surface area contributed by atoms with Gasteiger partial charge in [-0.05, 0) is 36.4 Å². The van der Waals surface area contributed by atoms with E-state index in [1.807, 2.05) is 18.2 Å². The number of anilines is 1. The summed E-state index contributed by atoms with van der Waals surface area (Å²) in [7, 11) is -2.38. The van der Waals surface area contributed by atoms with E-state index >= 15 is 0 Å². The number of halogens is 1. The summed E-state index contributed by atoms with van der Waals surface area (Å²) < 4.78 is 33.2. The molecular formula is C20H16ClN3O3S. The van der Waals surface area contributed by atoms with Crippen LogP contribution in [0.15, 0.2) is 71.6 Å². The number of sulfonamides is 1. The number of hydrogen-bond donors (Lipinski definition) is 2.